The topological polar surface area (TPSA) is 133 Å². The minimum atomic E-state index is -3.81. The van der Waals surface area contributed by atoms with Gasteiger partial charge in [-0.05, 0) is 34.3 Å². The van der Waals surface area contributed by atoms with Crippen molar-refractivity contribution < 1.29 is 18.1 Å². The van der Waals surface area contributed by atoms with Crippen molar-refractivity contribution in [1.82, 2.24) is 24.5 Å². The molecule has 0 spiro atoms. The Kier molecular flexibility index (Phi) is 4.99. The summed E-state index contributed by atoms with van der Waals surface area (Å²) in [6.07, 6.45) is 0. The molecule has 1 fully saturated rings. The van der Waals surface area contributed by atoms with Gasteiger partial charge in [-0.25, -0.2) is 13.1 Å². The van der Waals surface area contributed by atoms with Crippen molar-refractivity contribution in [2.45, 2.75) is 14.9 Å². The first-order chi connectivity index (χ1) is 11.9. The maximum absolute atomic E-state index is 12.6. The molecule has 0 aliphatic carbocycles. The van der Waals surface area contributed by atoms with E-state index in [9.17, 15) is 18.5 Å². The van der Waals surface area contributed by atoms with Gasteiger partial charge in [-0.15, -0.1) is 5.10 Å². The fourth-order valence-corrected chi connectivity index (χ4v) is 4.47. The molecule has 25 heavy (non-hydrogen) atoms. The van der Waals surface area contributed by atoms with Crippen molar-refractivity contribution in [1.29, 1.82) is 0 Å². The van der Waals surface area contributed by atoms with E-state index < -0.39 is 14.9 Å². The average Bonchev–Trinajstić information content (AvgIpc) is 3.00. The third-order valence-electron chi connectivity index (χ3n) is 3.52. The van der Waals surface area contributed by atoms with Crippen molar-refractivity contribution in [3.63, 3.8) is 0 Å². The highest BCUT2D eigenvalue weighted by atomic mass is 32.2. The highest BCUT2D eigenvalue weighted by molar-refractivity contribution is 7.99. The number of tetrazole rings is 1. The van der Waals surface area contributed by atoms with Crippen molar-refractivity contribution in [3.05, 3.63) is 28.3 Å². The maximum atomic E-state index is 12.6. The number of ether oxygens (including phenoxy) is 1. The quantitative estimate of drug-likeness (QED) is 0.525. The van der Waals surface area contributed by atoms with Gasteiger partial charge in [0.15, 0.2) is 0 Å². The number of hydrogen-bond acceptors (Lipinski definition) is 9. The zero-order valence-electron chi connectivity index (χ0n) is 13.1. The van der Waals surface area contributed by atoms with Crippen LogP contribution in [0.4, 0.5) is 5.69 Å². The van der Waals surface area contributed by atoms with E-state index in [1.54, 1.807) is 7.05 Å². The minimum absolute atomic E-state index is 0.124. The lowest BCUT2D eigenvalue weighted by atomic mass is 10.3. The van der Waals surface area contributed by atoms with E-state index in [1.165, 1.54) is 21.1 Å². The van der Waals surface area contributed by atoms with E-state index in [4.69, 9.17) is 4.74 Å². The molecule has 0 saturated carbocycles. The number of aromatic nitrogens is 4. The van der Waals surface area contributed by atoms with Gasteiger partial charge in [0.05, 0.1) is 27.9 Å². The lowest BCUT2D eigenvalue weighted by Crippen LogP contribution is -2.40. The van der Waals surface area contributed by atoms with Crippen LogP contribution in [-0.4, -0.2) is 64.2 Å². The zero-order valence-corrected chi connectivity index (χ0v) is 14.7. The Morgan fingerprint density at radius 3 is 2.64 bits per heavy atom. The number of aryl methyl sites for hydroxylation is 1. The van der Waals surface area contributed by atoms with Gasteiger partial charge in [0.25, 0.3) is 5.69 Å². The number of nitrogens with zero attached hydrogens (tertiary/aromatic N) is 6. The minimum Gasteiger partial charge on any atom is -0.379 e. The van der Waals surface area contributed by atoms with Gasteiger partial charge in [0.2, 0.25) is 15.2 Å². The summed E-state index contributed by atoms with van der Waals surface area (Å²) in [7, 11) is -2.21. The Labute approximate surface area is 147 Å². The van der Waals surface area contributed by atoms with Crippen LogP contribution in [0, 0.1) is 10.1 Å². The molecular formula is C12H14N6O5S2. The zero-order chi connectivity index (χ0) is 18.0. The summed E-state index contributed by atoms with van der Waals surface area (Å²) in [5.41, 5.74) is -0.317. The molecule has 2 aromatic rings. The fraction of sp³-hybridized carbons (Fsp3) is 0.417. The van der Waals surface area contributed by atoms with E-state index in [0.29, 0.717) is 18.4 Å². The molecule has 134 valence electrons. The Bertz CT molecular complexity index is 893. The second-order valence-electron chi connectivity index (χ2n) is 5.09. The Morgan fingerprint density at radius 1 is 1.32 bits per heavy atom. The van der Waals surface area contributed by atoms with E-state index in [-0.39, 0.29) is 28.6 Å². The van der Waals surface area contributed by atoms with E-state index in [1.807, 2.05) is 0 Å². The number of nitro benzene ring substituents is 1. The summed E-state index contributed by atoms with van der Waals surface area (Å²) in [6.45, 7) is 1.04. The first-order valence-corrected chi connectivity index (χ1v) is 9.42. The van der Waals surface area contributed by atoms with E-state index in [2.05, 4.69) is 15.5 Å². The number of nitro groups is 1. The molecular weight excluding hydrogens is 372 g/mol. The van der Waals surface area contributed by atoms with Crippen LogP contribution >= 0.6 is 11.8 Å². The lowest BCUT2D eigenvalue weighted by molar-refractivity contribution is -0.388. The second-order valence-corrected chi connectivity index (χ2v) is 8.04. The molecule has 13 heteroatoms. The normalized spacial score (nSPS) is 16.0. The monoisotopic (exact) mass is 386 g/mol. The van der Waals surface area contributed by atoms with Crippen LogP contribution in [0.5, 0.6) is 0 Å². The van der Waals surface area contributed by atoms with Crippen LogP contribution in [0.3, 0.4) is 0 Å². The fourth-order valence-electron chi connectivity index (χ4n) is 2.23. The van der Waals surface area contributed by atoms with Crippen LogP contribution in [0.25, 0.3) is 0 Å². The molecule has 1 aromatic carbocycles. The summed E-state index contributed by atoms with van der Waals surface area (Å²) in [5, 5.41) is 22.6. The summed E-state index contributed by atoms with van der Waals surface area (Å²) >= 11 is 0.988. The molecule has 0 bridgehead atoms. The molecule has 0 atom stereocenters. The van der Waals surface area contributed by atoms with Crippen LogP contribution in [0.2, 0.25) is 0 Å². The third kappa shape index (κ3) is 3.63. The van der Waals surface area contributed by atoms with Crippen LogP contribution in [-0.2, 0) is 21.8 Å². The summed E-state index contributed by atoms with van der Waals surface area (Å²) < 4.78 is 33.1. The van der Waals surface area contributed by atoms with Crippen LogP contribution in [0.15, 0.2) is 33.1 Å². The molecule has 11 nitrogen and oxygen atoms in total. The molecule has 0 N–H and O–H groups in total. The maximum Gasteiger partial charge on any atom is 0.284 e. The molecule has 3 rings (SSSR count). The third-order valence-corrected chi connectivity index (χ3v) is 6.51. The summed E-state index contributed by atoms with van der Waals surface area (Å²) in [4.78, 5) is 10.9. The summed E-state index contributed by atoms with van der Waals surface area (Å²) in [5.74, 6) is 0. The predicted molar refractivity (Wildman–Crippen MR) is 85.6 cm³/mol. The van der Waals surface area contributed by atoms with Crippen molar-refractivity contribution >= 4 is 27.5 Å². The van der Waals surface area contributed by atoms with Gasteiger partial charge in [0.1, 0.15) is 0 Å². The molecule has 2 heterocycles. The van der Waals surface area contributed by atoms with Crippen LogP contribution in [0.1, 0.15) is 0 Å². The van der Waals surface area contributed by atoms with E-state index in [0.717, 1.165) is 17.8 Å². The molecule has 0 amide bonds. The number of benzene rings is 1. The lowest BCUT2D eigenvalue weighted by Gasteiger charge is -2.26. The molecule has 1 aromatic heterocycles. The van der Waals surface area contributed by atoms with Crippen molar-refractivity contribution in [2.75, 3.05) is 26.3 Å². The number of hydrogen-bond donors (Lipinski definition) is 0. The first kappa shape index (κ1) is 17.7. The average molecular weight is 386 g/mol. The molecule has 1 aliphatic heterocycles. The number of sulfonamides is 1. The second kappa shape index (κ2) is 7.03. The standard InChI is InChI=1S/C12H14N6O5S2/c1-16-12(13-14-15-16)24-11-3-2-9(8-10(11)18(19)20)25(21,22)17-4-6-23-7-5-17/h2-3,8H,4-7H2,1H3. The number of rotatable bonds is 5. The first-order valence-electron chi connectivity index (χ1n) is 7.16. The Hall–Kier alpha value is -2.09. The van der Waals surface area contributed by atoms with Gasteiger partial charge in [-0.2, -0.15) is 4.31 Å². The van der Waals surface area contributed by atoms with E-state index >= 15 is 0 Å². The molecule has 0 radical (unpaired) electrons. The van der Waals surface area contributed by atoms with Crippen LogP contribution < -0.4 is 0 Å². The Morgan fingerprint density at radius 2 is 2.04 bits per heavy atom. The van der Waals surface area contributed by atoms with Gasteiger partial charge >= 0.3 is 0 Å². The predicted octanol–water partition coefficient (Wildman–Crippen LogP) is 0.290. The summed E-state index contributed by atoms with van der Waals surface area (Å²) in [6, 6.07) is 3.81. The van der Waals surface area contributed by atoms with Gasteiger partial charge < -0.3 is 4.74 Å². The molecule has 0 unspecified atom stereocenters. The van der Waals surface area contributed by atoms with Gasteiger partial charge in [-0.3, -0.25) is 10.1 Å². The number of morpholine rings is 1. The van der Waals surface area contributed by atoms with Gasteiger partial charge in [0, 0.05) is 26.2 Å². The largest absolute Gasteiger partial charge is 0.379 e. The SMILES string of the molecule is Cn1nnnc1Sc1ccc(S(=O)(=O)N2CCOCC2)cc1[N+](=O)[O-]. The highest BCUT2D eigenvalue weighted by Crippen LogP contribution is 2.35. The Balaban J connectivity index is 1.96. The van der Waals surface area contributed by atoms with Crippen molar-refractivity contribution in [2.24, 2.45) is 7.05 Å². The van der Waals surface area contributed by atoms with Crippen molar-refractivity contribution in [3.8, 4) is 0 Å². The van der Waals surface area contributed by atoms with Gasteiger partial charge in [-0.1, -0.05) is 0 Å². The molecule has 1 saturated heterocycles. The molecule has 1 aliphatic rings. The highest BCUT2D eigenvalue weighted by Gasteiger charge is 2.29. The smallest absolute Gasteiger partial charge is 0.284 e.